The van der Waals surface area contributed by atoms with Gasteiger partial charge >= 0.3 is 0 Å². The van der Waals surface area contributed by atoms with Crippen LogP contribution < -0.4 is 0 Å². The second-order valence-corrected chi connectivity index (χ2v) is 4.92. The molecule has 2 heteroatoms. The van der Waals surface area contributed by atoms with Crippen molar-refractivity contribution in [2.45, 2.75) is 59.2 Å². The summed E-state index contributed by atoms with van der Waals surface area (Å²) in [4.78, 5) is 0. The Kier molecular flexibility index (Phi) is 4.93. The molecule has 0 saturated carbocycles. The fourth-order valence-electron chi connectivity index (χ4n) is 0.768. The van der Waals surface area contributed by atoms with Gasteiger partial charge in [-0.25, -0.2) is 0 Å². The molecule has 0 atom stereocenters. The molecule has 0 aliphatic carbocycles. The van der Waals surface area contributed by atoms with E-state index >= 15 is 0 Å². The molecule has 0 amide bonds. The molecule has 0 N–H and O–H groups in total. The summed E-state index contributed by atoms with van der Waals surface area (Å²) in [5, 5.41) is 0. The SMILES string of the molecule is CCC(C)(C)OCCOC(C)(C)C. The van der Waals surface area contributed by atoms with Gasteiger partial charge in [0.25, 0.3) is 0 Å². The predicted octanol–water partition coefficient (Wildman–Crippen LogP) is 3.01. The van der Waals surface area contributed by atoms with Gasteiger partial charge in [-0.1, -0.05) is 6.92 Å². The summed E-state index contributed by atoms with van der Waals surface area (Å²) in [6.45, 7) is 13.8. The standard InChI is InChI=1S/C11H24O2/c1-7-11(5,6)13-9-8-12-10(2,3)4/h7-9H2,1-6H3. The molecule has 0 aromatic carbocycles. The van der Waals surface area contributed by atoms with Gasteiger partial charge in [-0.3, -0.25) is 0 Å². The van der Waals surface area contributed by atoms with Crippen LogP contribution in [0.15, 0.2) is 0 Å². The van der Waals surface area contributed by atoms with Crippen LogP contribution in [-0.4, -0.2) is 24.4 Å². The van der Waals surface area contributed by atoms with Crippen molar-refractivity contribution in [2.75, 3.05) is 13.2 Å². The van der Waals surface area contributed by atoms with Crippen LogP contribution in [0, 0.1) is 0 Å². The summed E-state index contributed by atoms with van der Waals surface area (Å²) in [7, 11) is 0. The van der Waals surface area contributed by atoms with Gasteiger partial charge in [0.05, 0.1) is 24.4 Å². The lowest BCUT2D eigenvalue weighted by Gasteiger charge is -2.25. The lowest BCUT2D eigenvalue weighted by molar-refractivity contribution is -0.0793. The van der Waals surface area contributed by atoms with E-state index in [-0.39, 0.29) is 11.2 Å². The van der Waals surface area contributed by atoms with Crippen LogP contribution >= 0.6 is 0 Å². The van der Waals surface area contributed by atoms with Crippen molar-refractivity contribution in [1.29, 1.82) is 0 Å². The number of rotatable bonds is 5. The van der Waals surface area contributed by atoms with E-state index in [1.54, 1.807) is 0 Å². The highest BCUT2D eigenvalue weighted by Gasteiger charge is 2.15. The first-order valence-electron chi connectivity index (χ1n) is 5.05. The highest BCUT2D eigenvalue weighted by atomic mass is 16.5. The Morgan fingerprint density at radius 2 is 1.31 bits per heavy atom. The monoisotopic (exact) mass is 188 g/mol. The smallest absolute Gasteiger partial charge is 0.0708 e. The lowest BCUT2D eigenvalue weighted by atomic mass is 10.1. The highest BCUT2D eigenvalue weighted by Crippen LogP contribution is 2.13. The third-order valence-electron chi connectivity index (χ3n) is 1.96. The third-order valence-corrected chi connectivity index (χ3v) is 1.96. The van der Waals surface area contributed by atoms with Crippen LogP contribution in [0.1, 0.15) is 48.0 Å². The zero-order valence-electron chi connectivity index (χ0n) is 9.94. The fraction of sp³-hybridized carbons (Fsp3) is 1.00. The summed E-state index contributed by atoms with van der Waals surface area (Å²) in [5.74, 6) is 0. The molecule has 0 radical (unpaired) electrons. The molecule has 0 rings (SSSR count). The molecule has 0 saturated heterocycles. The topological polar surface area (TPSA) is 18.5 Å². The Labute approximate surface area is 82.6 Å². The molecule has 0 unspecified atom stereocenters. The number of hydrogen-bond acceptors (Lipinski definition) is 2. The normalized spacial score (nSPS) is 13.4. The second-order valence-electron chi connectivity index (χ2n) is 4.92. The highest BCUT2D eigenvalue weighted by molar-refractivity contribution is 4.65. The van der Waals surface area contributed by atoms with Gasteiger partial charge in [-0.2, -0.15) is 0 Å². The summed E-state index contributed by atoms with van der Waals surface area (Å²) in [6, 6.07) is 0. The lowest BCUT2D eigenvalue weighted by Crippen LogP contribution is -2.28. The van der Waals surface area contributed by atoms with Crippen LogP contribution in [0.4, 0.5) is 0 Å². The van der Waals surface area contributed by atoms with Crippen molar-refractivity contribution >= 4 is 0 Å². The van der Waals surface area contributed by atoms with Gasteiger partial charge in [0.1, 0.15) is 0 Å². The van der Waals surface area contributed by atoms with Crippen molar-refractivity contribution in [3.8, 4) is 0 Å². The van der Waals surface area contributed by atoms with Crippen molar-refractivity contribution in [1.82, 2.24) is 0 Å². The van der Waals surface area contributed by atoms with E-state index in [0.717, 1.165) is 6.42 Å². The van der Waals surface area contributed by atoms with Gasteiger partial charge in [0.2, 0.25) is 0 Å². The van der Waals surface area contributed by atoms with Crippen molar-refractivity contribution in [3.05, 3.63) is 0 Å². The molecular weight excluding hydrogens is 164 g/mol. The molecule has 0 bridgehead atoms. The maximum atomic E-state index is 5.65. The van der Waals surface area contributed by atoms with Crippen molar-refractivity contribution < 1.29 is 9.47 Å². The summed E-state index contributed by atoms with van der Waals surface area (Å²) in [5.41, 5.74) is -0.0685. The molecule has 0 aliphatic heterocycles. The molecule has 0 fully saturated rings. The quantitative estimate of drug-likeness (QED) is 0.617. The minimum absolute atomic E-state index is 0.0127. The molecule has 13 heavy (non-hydrogen) atoms. The van der Waals surface area contributed by atoms with Gasteiger partial charge in [-0.05, 0) is 41.0 Å². The maximum absolute atomic E-state index is 5.65. The zero-order valence-corrected chi connectivity index (χ0v) is 9.94. The van der Waals surface area contributed by atoms with Crippen molar-refractivity contribution in [2.24, 2.45) is 0 Å². The van der Waals surface area contributed by atoms with Gasteiger partial charge in [0.15, 0.2) is 0 Å². The first-order chi connectivity index (χ1) is 5.77. The van der Waals surface area contributed by atoms with Gasteiger partial charge < -0.3 is 9.47 Å². The largest absolute Gasteiger partial charge is 0.373 e. The van der Waals surface area contributed by atoms with Gasteiger partial charge in [-0.15, -0.1) is 0 Å². The number of ether oxygens (including phenoxy) is 2. The van der Waals surface area contributed by atoms with E-state index < -0.39 is 0 Å². The van der Waals surface area contributed by atoms with E-state index in [4.69, 9.17) is 9.47 Å². The van der Waals surface area contributed by atoms with Crippen LogP contribution in [0.5, 0.6) is 0 Å². The molecule has 0 spiro atoms. The molecule has 2 nitrogen and oxygen atoms in total. The number of hydrogen-bond donors (Lipinski definition) is 0. The fourth-order valence-corrected chi connectivity index (χ4v) is 0.768. The van der Waals surface area contributed by atoms with E-state index in [0.29, 0.717) is 13.2 Å². The summed E-state index contributed by atoms with van der Waals surface area (Å²) in [6.07, 6.45) is 1.03. The Bertz CT molecular complexity index is 134. The first kappa shape index (κ1) is 12.9. The van der Waals surface area contributed by atoms with Crippen LogP contribution in [-0.2, 0) is 9.47 Å². The van der Waals surface area contributed by atoms with E-state index in [9.17, 15) is 0 Å². The van der Waals surface area contributed by atoms with E-state index in [1.807, 2.05) is 0 Å². The van der Waals surface area contributed by atoms with E-state index in [1.165, 1.54) is 0 Å². The summed E-state index contributed by atoms with van der Waals surface area (Å²) < 4.78 is 11.2. The van der Waals surface area contributed by atoms with Crippen LogP contribution in [0.3, 0.4) is 0 Å². The van der Waals surface area contributed by atoms with Crippen molar-refractivity contribution in [3.63, 3.8) is 0 Å². The second kappa shape index (κ2) is 4.97. The average Bonchev–Trinajstić information content (AvgIpc) is 1.97. The zero-order chi connectivity index (χ0) is 10.5. The minimum atomic E-state index is -0.0558. The Morgan fingerprint density at radius 3 is 1.69 bits per heavy atom. The molecule has 0 aliphatic rings. The Hall–Kier alpha value is -0.0800. The molecule has 80 valence electrons. The Balaban J connectivity index is 3.47. The summed E-state index contributed by atoms with van der Waals surface area (Å²) >= 11 is 0. The van der Waals surface area contributed by atoms with Crippen LogP contribution in [0.2, 0.25) is 0 Å². The molecule has 0 aromatic heterocycles. The van der Waals surface area contributed by atoms with Crippen LogP contribution in [0.25, 0.3) is 0 Å². The molecule has 0 heterocycles. The molecular formula is C11H24O2. The third kappa shape index (κ3) is 8.26. The minimum Gasteiger partial charge on any atom is -0.373 e. The average molecular weight is 188 g/mol. The predicted molar refractivity (Wildman–Crippen MR) is 56.0 cm³/mol. The molecule has 0 aromatic rings. The maximum Gasteiger partial charge on any atom is 0.0708 e. The first-order valence-corrected chi connectivity index (χ1v) is 5.05. The Morgan fingerprint density at radius 1 is 0.846 bits per heavy atom. The van der Waals surface area contributed by atoms with E-state index in [2.05, 4.69) is 41.5 Å². The van der Waals surface area contributed by atoms with Gasteiger partial charge in [0, 0.05) is 0 Å².